The molecule has 2 aliphatic heterocycles. The zero-order valence-electron chi connectivity index (χ0n) is 63.6. The first-order chi connectivity index (χ1) is 53.2. The third-order valence-electron chi connectivity index (χ3n) is 18.9. The molecule has 36 heteroatoms. The molecule has 0 spiro atoms. The molecule has 19 N–H and O–H groups in total. The van der Waals surface area contributed by atoms with Crippen molar-refractivity contribution in [3.63, 3.8) is 0 Å². The topological polar surface area (TPSA) is 534 Å². The maximum Gasteiger partial charge on any atom is 0.245 e. The predicted molar refractivity (Wildman–Crippen MR) is 411 cm³/mol. The molecule has 16 amide bonds. The molecule has 0 bridgehead atoms. The van der Waals surface area contributed by atoms with Gasteiger partial charge in [-0.2, -0.15) is 0 Å². The van der Waals surface area contributed by atoms with Crippen molar-refractivity contribution in [2.45, 2.75) is 177 Å². The fraction of sp³-hybridized carbons (Fsp3) is 0.474. The van der Waals surface area contributed by atoms with Crippen LogP contribution in [0.3, 0.4) is 0 Å². The monoisotopic (exact) mass is 1570 g/mol. The van der Waals surface area contributed by atoms with Crippen LogP contribution in [0.15, 0.2) is 115 Å². The van der Waals surface area contributed by atoms with Crippen molar-refractivity contribution in [3.8, 4) is 11.1 Å². The number of benzene rings is 4. The summed E-state index contributed by atoms with van der Waals surface area (Å²) in [6, 6.07) is 14.6. The zero-order valence-corrected chi connectivity index (χ0v) is 64.4. The van der Waals surface area contributed by atoms with E-state index in [0.29, 0.717) is 36.0 Å². The number of carbonyl (C=O) groups is 16. The lowest BCUT2D eigenvalue weighted by atomic mass is 9.99. The maximum atomic E-state index is 15.0. The van der Waals surface area contributed by atoms with Crippen LogP contribution >= 0.6 is 11.8 Å². The maximum absolute atomic E-state index is 15.0. The highest BCUT2D eigenvalue weighted by Gasteiger charge is 2.42. The summed E-state index contributed by atoms with van der Waals surface area (Å²) >= 11 is 0.810. The van der Waals surface area contributed by atoms with E-state index in [4.69, 9.17) is 17.2 Å². The molecule has 2 heterocycles. The minimum atomic E-state index is -2.01. The first kappa shape index (κ1) is 89.5. The second kappa shape index (κ2) is 43.9. The fourth-order valence-corrected chi connectivity index (χ4v) is 13.1. The van der Waals surface area contributed by atoms with E-state index in [1.54, 1.807) is 72.8 Å². The number of primary amides is 2. The van der Waals surface area contributed by atoms with Crippen molar-refractivity contribution < 1.29 is 86.9 Å². The van der Waals surface area contributed by atoms with E-state index >= 15 is 4.79 Å². The van der Waals surface area contributed by atoms with Crippen molar-refractivity contribution in [3.05, 3.63) is 132 Å². The summed E-state index contributed by atoms with van der Waals surface area (Å²) in [7, 11) is 2.56. The van der Waals surface area contributed by atoms with Crippen LogP contribution in [-0.4, -0.2) is 256 Å². The Morgan fingerprint density at radius 1 is 0.509 bits per heavy atom. The SMILES string of the molecule is C[C@@H]1NC(=O)[C@H](CCCCN)NC(=O)[C@H](C)N(C)C(=O)[C@H](Cc2ccc(-c3ccccc3)cc2)NC(=O)[C@H](C)N(C)C(=O)[C@H](Cc2ccccc2)NC(=O)[C@H]([C@@H](C)O)NC(=O)[C@H]([C@@H](C)O)NC(=O)[C@H](CC(N)=O)NC(=O)CNC(=O)[C@H](Cc2ccccc2)NC(=O)CSC[C@@H](C(=O)NCC(N)=O)NC(=O)[C@@H]2CCCN2C1=O. The van der Waals surface area contributed by atoms with Crippen LogP contribution in [0, 0.1) is 0 Å². The van der Waals surface area contributed by atoms with E-state index < -0.39 is 204 Å². The molecule has 4 aromatic rings. The number of aliphatic hydroxyl groups is 2. The van der Waals surface area contributed by atoms with Gasteiger partial charge in [0, 0.05) is 45.7 Å². The number of amides is 16. The van der Waals surface area contributed by atoms with Crippen molar-refractivity contribution in [1.82, 2.24) is 73.2 Å². The Kier molecular flexibility index (Phi) is 35.1. The third kappa shape index (κ3) is 27.3. The summed E-state index contributed by atoms with van der Waals surface area (Å²) < 4.78 is 0. The molecule has 606 valence electrons. The third-order valence-corrected chi connectivity index (χ3v) is 19.9. The largest absolute Gasteiger partial charge is 0.391 e. The number of unbranched alkanes of at least 4 members (excludes halogenated alkanes) is 1. The number of hydrogen-bond acceptors (Lipinski definition) is 20. The number of hydrogen-bond donors (Lipinski definition) is 16. The standard InChI is InChI=1S/C76H103N17O18S/c1-42-74(109)93-33-19-27-58(93)71(106)88-57(68(103)80-38-60(79)97)40-112-41-62(99)84-53(34-47-20-11-8-12-21-47)67(102)81-39-61(98)83-54(37-59(78)96)70(105)89-64(46(5)95)73(108)90-63(45(4)94)72(107)87-56(35-48-22-13-9-14-23-48)76(111)92(7)44(3)66(101)86-55(36-49-28-30-51(31-29-49)50-24-15-10-16-25-50)75(110)91(6)43(2)65(100)85-52(69(104)82-42)26-17-18-32-77/h8-16,20-25,28-31,42-46,52-58,63-64,94-95H,17-19,26-27,32-41,77H2,1-7H3,(H2,78,96)(H2,79,97)(H,80,103)(H,81,102)(H,82,104)(H,83,98)(H,84,99)(H,85,100)(H,86,101)(H,87,107)(H,88,106)(H,89,105)(H,90,108)/t42-,43-,44-,45+,46+,52-,53-,54-,55-,56-,57-,58-,63-,64-/m0/s1. The summed E-state index contributed by atoms with van der Waals surface area (Å²) in [5.74, 6) is -16.2. The second-order valence-corrected chi connectivity index (χ2v) is 28.7. The Bertz CT molecular complexity index is 3980. The van der Waals surface area contributed by atoms with Gasteiger partial charge in [-0.1, -0.05) is 115 Å². The van der Waals surface area contributed by atoms with Gasteiger partial charge in [0.25, 0.3) is 0 Å². The van der Waals surface area contributed by atoms with Gasteiger partial charge in [0.1, 0.15) is 72.5 Å². The Labute approximate surface area is 652 Å². The molecule has 2 aliphatic rings. The number of fused-ring (bicyclic) bond motifs is 1. The smallest absolute Gasteiger partial charge is 0.245 e. The van der Waals surface area contributed by atoms with Gasteiger partial charge in [-0.15, -0.1) is 11.8 Å². The van der Waals surface area contributed by atoms with Gasteiger partial charge in [-0.25, -0.2) is 0 Å². The number of carbonyl (C=O) groups excluding carboxylic acids is 16. The molecule has 14 atom stereocenters. The molecule has 0 radical (unpaired) electrons. The number of nitrogens with two attached hydrogens (primary N) is 3. The molecule has 0 aliphatic carbocycles. The van der Waals surface area contributed by atoms with Crippen LogP contribution in [0.25, 0.3) is 11.1 Å². The number of nitrogens with zero attached hydrogens (tertiary/aromatic N) is 3. The molecular formula is C76H103N17O18S. The highest BCUT2D eigenvalue weighted by atomic mass is 32.2. The lowest BCUT2D eigenvalue weighted by Crippen LogP contribution is -2.63. The number of likely N-dealkylation sites (N-methyl/N-ethyl adjacent to an activating group) is 2. The van der Waals surface area contributed by atoms with Crippen LogP contribution in [0.2, 0.25) is 0 Å². The van der Waals surface area contributed by atoms with Crippen LogP contribution in [-0.2, 0) is 96.0 Å². The van der Waals surface area contributed by atoms with Gasteiger partial charge in [-0.05, 0) is 101 Å². The normalized spacial score (nSPS) is 24.9. The predicted octanol–water partition coefficient (Wildman–Crippen LogP) is -4.32. The number of thioether (sulfide) groups is 1. The van der Waals surface area contributed by atoms with Crippen LogP contribution < -0.4 is 75.7 Å². The molecule has 2 fully saturated rings. The Morgan fingerprint density at radius 2 is 0.982 bits per heavy atom. The van der Waals surface area contributed by atoms with Gasteiger partial charge < -0.3 is 101 Å². The van der Waals surface area contributed by atoms with Crippen molar-refractivity contribution in [2.24, 2.45) is 17.2 Å². The van der Waals surface area contributed by atoms with Crippen molar-refractivity contribution >= 4 is 106 Å². The van der Waals surface area contributed by atoms with Crippen LogP contribution in [0.5, 0.6) is 0 Å². The fourth-order valence-electron chi connectivity index (χ4n) is 12.3. The van der Waals surface area contributed by atoms with Gasteiger partial charge in [-0.3, -0.25) is 76.7 Å². The van der Waals surface area contributed by atoms with Crippen LogP contribution in [0.4, 0.5) is 0 Å². The minimum Gasteiger partial charge on any atom is -0.391 e. The summed E-state index contributed by atoms with van der Waals surface area (Å²) in [5.41, 5.74) is 19.9. The quantitative estimate of drug-likeness (QED) is 0.0419. The number of rotatable bonds is 18. The average molecular weight is 1570 g/mol. The minimum absolute atomic E-state index is 0.000137. The molecule has 6 rings (SSSR count). The van der Waals surface area contributed by atoms with E-state index in [-0.39, 0.29) is 50.9 Å². The lowest BCUT2D eigenvalue weighted by Gasteiger charge is -2.33. The molecule has 0 unspecified atom stereocenters. The average Bonchev–Trinajstić information content (AvgIpc) is 1.60. The first-order valence-corrected chi connectivity index (χ1v) is 37.9. The summed E-state index contributed by atoms with van der Waals surface area (Å²) in [6.07, 6.45) is -3.97. The van der Waals surface area contributed by atoms with Gasteiger partial charge in [0.15, 0.2) is 0 Å². The second-order valence-electron chi connectivity index (χ2n) is 27.6. The molecule has 0 aromatic heterocycles. The Morgan fingerprint density at radius 3 is 1.51 bits per heavy atom. The van der Waals surface area contributed by atoms with E-state index in [1.165, 1.54) is 39.8 Å². The van der Waals surface area contributed by atoms with E-state index in [0.717, 1.165) is 46.5 Å². The number of nitrogens with one attached hydrogen (secondary N) is 11. The molecule has 35 nitrogen and oxygen atoms in total. The van der Waals surface area contributed by atoms with Gasteiger partial charge in [0.05, 0.1) is 37.5 Å². The zero-order chi connectivity index (χ0) is 82.5. The van der Waals surface area contributed by atoms with Crippen molar-refractivity contribution in [1.29, 1.82) is 0 Å². The Balaban J connectivity index is 1.36. The van der Waals surface area contributed by atoms with Gasteiger partial charge in [0.2, 0.25) is 94.5 Å². The van der Waals surface area contributed by atoms with E-state index in [1.807, 2.05) is 42.5 Å². The molecule has 0 saturated carbocycles. The van der Waals surface area contributed by atoms with E-state index in [2.05, 4.69) is 58.5 Å². The molecule has 2 saturated heterocycles. The first-order valence-electron chi connectivity index (χ1n) is 36.7. The Hall–Kier alpha value is -11.4. The summed E-state index contributed by atoms with van der Waals surface area (Å²) in [5, 5.41) is 49.4. The van der Waals surface area contributed by atoms with E-state index in [9.17, 15) is 82.1 Å². The highest BCUT2D eigenvalue weighted by Crippen LogP contribution is 2.23. The molecule has 4 aromatic carbocycles. The summed E-state index contributed by atoms with van der Waals surface area (Å²) in [4.78, 5) is 227. The summed E-state index contributed by atoms with van der Waals surface area (Å²) in [6.45, 7) is 4.94. The lowest BCUT2D eigenvalue weighted by molar-refractivity contribution is -0.145. The molecule has 112 heavy (non-hydrogen) atoms. The van der Waals surface area contributed by atoms with Crippen LogP contribution in [0.1, 0.15) is 89.8 Å². The number of aliphatic hydroxyl groups excluding tert-OH is 2. The molecular weight excluding hydrogens is 1470 g/mol. The van der Waals surface area contributed by atoms with Crippen molar-refractivity contribution in [2.75, 3.05) is 51.8 Å². The van der Waals surface area contributed by atoms with Gasteiger partial charge >= 0.3 is 0 Å². The highest BCUT2D eigenvalue weighted by molar-refractivity contribution is 8.00.